The Morgan fingerprint density at radius 3 is 3.11 bits per heavy atom. The van der Waals surface area contributed by atoms with E-state index in [0.29, 0.717) is 12.0 Å². The molecule has 0 aromatic heterocycles. The summed E-state index contributed by atoms with van der Waals surface area (Å²) < 4.78 is 5.59. The second-order valence-corrected chi connectivity index (χ2v) is 5.45. The SMILES string of the molecule is COc1cccc2c1[C@@H]1C(CCN)NC[C@@H]1CC2. The number of aryl methyl sites for hydroxylation is 1. The summed E-state index contributed by atoms with van der Waals surface area (Å²) in [4.78, 5) is 0. The number of benzene rings is 1. The summed E-state index contributed by atoms with van der Waals surface area (Å²) in [5.41, 5.74) is 8.67. The minimum Gasteiger partial charge on any atom is -0.496 e. The Bertz CT molecular complexity index is 418. The van der Waals surface area contributed by atoms with Crippen LogP contribution in [0.1, 0.15) is 29.9 Å². The van der Waals surface area contributed by atoms with Crippen molar-refractivity contribution in [2.75, 3.05) is 20.2 Å². The molecule has 1 aliphatic heterocycles. The monoisotopic (exact) mass is 246 g/mol. The van der Waals surface area contributed by atoms with E-state index in [9.17, 15) is 0 Å². The summed E-state index contributed by atoms with van der Waals surface area (Å²) >= 11 is 0. The van der Waals surface area contributed by atoms with Gasteiger partial charge in [0, 0.05) is 17.5 Å². The topological polar surface area (TPSA) is 47.3 Å². The predicted octanol–water partition coefficient (Wildman–Crippen LogP) is 1.66. The normalized spacial score (nSPS) is 29.8. The van der Waals surface area contributed by atoms with Crippen LogP contribution in [0.4, 0.5) is 0 Å². The van der Waals surface area contributed by atoms with Crippen LogP contribution in [0.2, 0.25) is 0 Å². The van der Waals surface area contributed by atoms with Crippen molar-refractivity contribution in [1.82, 2.24) is 5.32 Å². The van der Waals surface area contributed by atoms with E-state index >= 15 is 0 Å². The molecule has 2 aliphatic rings. The Morgan fingerprint density at radius 2 is 2.33 bits per heavy atom. The number of hydrogen-bond donors (Lipinski definition) is 2. The molecule has 1 heterocycles. The van der Waals surface area contributed by atoms with Crippen LogP contribution in [-0.4, -0.2) is 26.2 Å². The van der Waals surface area contributed by atoms with E-state index in [4.69, 9.17) is 10.5 Å². The van der Waals surface area contributed by atoms with Crippen LogP contribution >= 0.6 is 0 Å². The zero-order valence-electron chi connectivity index (χ0n) is 11.0. The highest BCUT2D eigenvalue weighted by Gasteiger charge is 2.41. The van der Waals surface area contributed by atoms with Crippen molar-refractivity contribution in [3.63, 3.8) is 0 Å². The Hall–Kier alpha value is -1.06. The van der Waals surface area contributed by atoms with E-state index in [2.05, 4.69) is 23.5 Å². The number of rotatable bonds is 3. The van der Waals surface area contributed by atoms with Crippen LogP contribution in [0.15, 0.2) is 18.2 Å². The molecule has 0 bridgehead atoms. The van der Waals surface area contributed by atoms with Crippen molar-refractivity contribution < 1.29 is 4.74 Å². The third kappa shape index (κ3) is 1.82. The molecule has 1 fully saturated rings. The predicted molar refractivity (Wildman–Crippen MR) is 73.0 cm³/mol. The van der Waals surface area contributed by atoms with Crippen molar-refractivity contribution in [2.24, 2.45) is 11.7 Å². The summed E-state index contributed by atoms with van der Waals surface area (Å²) in [6.07, 6.45) is 3.53. The van der Waals surface area contributed by atoms with E-state index in [-0.39, 0.29) is 0 Å². The van der Waals surface area contributed by atoms with Gasteiger partial charge in [-0.2, -0.15) is 0 Å². The highest BCUT2D eigenvalue weighted by atomic mass is 16.5. The third-order valence-electron chi connectivity index (χ3n) is 4.56. The highest BCUT2D eigenvalue weighted by Crippen LogP contribution is 2.46. The van der Waals surface area contributed by atoms with Gasteiger partial charge in [0.25, 0.3) is 0 Å². The number of hydrogen-bond acceptors (Lipinski definition) is 3. The zero-order valence-corrected chi connectivity index (χ0v) is 11.0. The lowest BCUT2D eigenvalue weighted by molar-refractivity contribution is 0.365. The molecule has 1 unspecified atom stereocenters. The molecule has 0 amide bonds. The third-order valence-corrected chi connectivity index (χ3v) is 4.56. The first-order chi connectivity index (χ1) is 8.85. The average molecular weight is 246 g/mol. The van der Waals surface area contributed by atoms with E-state index < -0.39 is 0 Å². The number of ether oxygens (including phenoxy) is 1. The first-order valence-corrected chi connectivity index (χ1v) is 6.94. The standard InChI is InChI=1S/C15H22N2O/c1-18-13-4-2-3-10-5-6-11-9-17-12(7-8-16)14(11)15(10)13/h2-4,11-12,14,17H,5-9,16H2,1H3/t11-,12?,14-/m0/s1. The van der Waals surface area contributed by atoms with Crippen LogP contribution in [-0.2, 0) is 6.42 Å². The van der Waals surface area contributed by atoms with Gasteiger partial charge in [0.2, 0.25) is 0 Å². The van der Waals surface area contributed by atoms with Gasteiger partial charge in [0.15, 0.2) is 0 Å². The van der Waals surface area contributed by atoms with Gasteiger partial charge < -0.3 is 15.8 Å². The van der Waals surface area contributed by atoms with E-state index in [1.54, 1.807) is 7.11 Å². The maximum atomic E-state index is 5.75. The lowest BCUT2D eigenvalue weighted by Crippen LogP contribution is -2.30. The molecular formula is C15H22N2O. The zero-order chi connectivity index (χ0) is 12.5. The van der Waals surface area contributed by atoms with Crippen molar-refractivity contribution in [3.8, 4) is 5.75 Å². The lowest BCUT2D eigenvalue weighted by Gasteiger charge is -2.32. The summed E-state index contributed by atoms with van der Waals surface area (Å²) in [5.74, 6) is 2.41. The number of fused-ring (bicyclic) bond motifs is 3. The minimum absolute atomic E-state index is 0.523. The fourth-order valence-corrected chi connectivity index (χ4v) is 3.77. The van der Waals surface area contributed by atoms with Gasteiger partial charge in [-0.1, -0.05) is 12.1 Å². The van der Waals surface area contributed by atoms with Gasteiger partial charge >= 0.3 is 0 Å². The quantitative estimate of drug-likeness (QED) is 0.852. The maximum absolute atomic E-state index is 5.75. The van der Waals surface area contributed by atoms with Gasteiger partial charge in [-0.3, -0.25) is 0 Å². The Labute approximate surface area is 109 Å². The second kappa shape index (κ2) is 4.90. The minimum atomic E-state index is 0.523. The Morgan fingerprint density at radius 1 is 1.44 bits per heavy atom. The highest BCUT2D eigenvalue weighted by molar-refractivity contribution is 5.46. The molecule has 98 valence electrons. The van der Waals surface area contributed by atoms with Crippen LogP contribution in [0.3, 0.4) is 0 Å². The number of nitrogens with one attached hydrogen (secondary N) is 1. The molecule has 0 spiro atoms. The van der Waals surface area contributed by atoms with Gasteiger partial charge in [0.05, 0.1) is 7.11 Å². The molecule has 3 heteroatoms. The van der Waals surface area contributed by atoms with Gasteiger partial charge in [-0.05, 0) is 49.9 Å². The van der Waals surface area contributed by atoms with Crippen LogP contribution in [0, 0.1) is 5.92 Å². The lowest BCUT2D eigenvalue weighted by atomic mass is 9.73. The summed E-state index contributed by atoms with van der Waals surface area (Å²) in [5, 5.41) is 3.66. The molecule has 1 aliphatic carbocycles. The first kappa shape index (κ1) is 12.0. The smallest absolute Gasteiger partial charge is 0.122 e. The van der Waals surface area contributed by atoms with E-state index in [1.165, 1.54) is 24.0 Å². The molecule has 3 N–H and O–H groups in total. The molecule has 0 saturated carbocycles. The van der Waals surface area contributed by atoms with Gasteiger partial charge in [-0.25, -0.2) is 0 Å². The number of methoxy groups -OCH3 is 1. The Kier molecular flexibility index (Phi) is 3.27. The summed E-state index contributed by atoms with van der Waals surface area (Å²) in [6.45, 7) is 1.89. The van der Waals surface area contributed by atoms with Gasteiger partial charge in [-0.15, -0.1) is 0 Å². The summed E-state index contributed by atoms with van der Waals surface area (Å²) in [6, 6.07) is 6.99. The average Bonchev–Trinajstić information content (AvgIpc) is 2.82. The summed E-state index contributed by atoms with van der Waals surface area (Å²) in [7, 11) is 1.78. The fraction of sp³-hybridized carbons (Fsp3) is 0.600. The van der Waals surface area contributed by atoms with Gasteiger partial charge in [0.1, 0.15) is 5.75 Å². The molecule has 3 nitrogen and oxygen atoms in total. The largest absolute Gasteiger partial charge is 0.496 e. The molecule has 0 radical (unpaired) electrons. The van der Waals surface area contributed by atoms with Crippen molar-refractivity contribution in [3.05, 3.63) is 29.3 Å². The Balaban J connectivity index is 2.02. The fourth-order valence-electron chi connectivity index (χ4n) is 3.77. The molecule has 1 saturated heterocycles. The van der Waals surface area contributed by atoms with E-state index in [0.717, 1.165) is 31.2 Å². The van der Waals surface area contributed by atoms with Crippen molar-refractivity contribution >= 4 is 0 Å². The van der Waals surface area contributed by atoms with Crippen LogP contribution in [0.5, 0.6) is 5.75 Å². The second-order valence-electron chi connectivity index (χ2n) is 5.45. The molecule has 18 heavy (non-hydrogen) atoms. The molecular weight excluding hydrogens is 224 g/mol. The molecule has 1 aromatic carbocycles. The van der Waals surface area contributed by atoms with Crippen molar-refractivity contribution in [2.45, 2.75) is 31.2 Å². The molecule has 3 atom stereocenters. The molecule has 1 aromatic rings. The maximum Gasteiger partial charge on any atom is 0.122 e. The molecule has 3 rings (SSSR count). The number of nitrogens with two attached hydrogens (primary N) is 1. The van der Waals surface area contributed by atoms with E-state index in [1.807, 2.05) is 0 Å². The first-order valence-electron chi connectivity index (χ1n) is 6.94. The van der Waals surface area contributed by atoms with Crippen LogP contribution < -0.4 is 15.8 Å². The van der Waals surface area contributed by atoms with Crippen molar-refractivity contribution in [1.29, 1.82) is 0 Å². The van der Waals surface area contributed by atoms with Crippen LogP contribution in [0.25, 0.3) is 0 Å².